The van der Waals surface area contributed by atoms with E-state index in [4.69, 9.17) is 10.5 Å². The molecule has 0 bridgehead atoms. The van der Waals surface area contributed by atoms with Crippen LogP contribution < -0.4 is 11.1 Å². The van der Waals surface area contributed by atoms with Gasteiger partial charge in [0, 0.05) is 50.9 Å². The van der Waals surface area contributed by atoms with Gasteiger partial charge in [-0.15, -0.1) is 0 Å². The molecule has 41 heavy (non-hydrogen) atoms. The zero-order valence-corrected chi connectivity index (χ0v) is 25.0. The van der Waals surface area contributed by atoms with Crippen LogP contribution in [0.15, 0.2) is 30.5 Å². The summed E-state index contributed by atoms with van der Waals surface area (Å²) in [6.07, 6.45) is 4.20. The van der Waals surface area contributed by atoms with Crippen LogP contribution in [0, 0.1) is 0 Å². The number of piperidine rings is 1. The van der Waals surface area contributed by atoms with Gasteiger partial charge in [0.2, 0.25) is 5.95 Å². The normalized spacial score (nSPS) is 17.0. The van der Waals surface area contributed by atoms with Crippen molar-refractivity contribution in [2.75, 3.05) is 18.8 Å². The van der Waals surface area contributed by atoms with Gasteiger partial charge in [0.1, 0.15) is 11.3 Å². The van der Waals surface area contributed by atoms with Crippen molar-refractivity contribution in [2.24, 2.45) is 7.05 Å². The number of carbonyl (C=O) groups excluding carboxylic acids is 2. The second kappa shape index (κ2) is 10.9. The Kier molecular flexibility index (Phi) is 7.63. The largest absolute Gasteiger partial charge is 0.444 e. The third-order valence-corrected chi connectivity index (χ3v) is 7.83. The number of nitrogens with one attached hydrogen (secondary N) is 1. The molecule has 0 unspecified atom stereocenters. The summed E-state index contributed by atoms with van der Waals surface area (Å²) in [7, 11) is 1.85. The van der Waals surface area contributed by atoms with Crippen LogP contribution in [0.5, 0.6) is 0 Å². The fraction of sp³-hybridized carbons (Fsp3) is 0.516. The maximum absolute atomic E-state index is 13.6. The first-order valence-corrected chi connectivity index (χ1v) is 14.3. The zero-order valence-electron chi connectivity index (χ0n) is 25.0. The molecular weight excluding hydrogens is 518 g/mol. The number of nitrogens with two attached hydrogens (primary N) is 1. The molecular formula is C31H41N7O3. The van der Waals surface area contributed by atoms with Crippen molar-refractivity contribution in [3.63, 3.8) is 0 Å². The van der Waals surface area contributed by atoms with Crippen molar-refractivity contribution < 1.29 is 14.3 Å². The van der Waals surface area contributed by atoms with E-state index in [0.29, 0.717) is 12.1 Å². The molecule has 5 rings (SSSR count). The minimum Gasteiger partial charge on any atom is -0.444 e. The summed E-state index contributed by atoms with van der Waals surface area (Å²) in [4.78, 5) is 36.7. The first-order valence-electron chi connectivity index (χ1n) is 14.3. The molecule has 10 heteroatoms. The van der Waals surface area contributed by atoms with Gasteiger partial charge >= 0.3 is 6.09 Å². The van der Waals surface area contributed by atoms with Crippen LogP contribution in [0.1, 0.15) is 80.2 Å². The van der Waals surface area contributed by atoms with E-state index < -0.39 is 5.60 Å². The number of nitrogens with zero attached hydrogens (tertiary/aromatic N) is 5. The molecule has 2 aromatic heterocycles. The highest BCUT2D eigenvalue weighted by molar-refractivity contribution is 5.99. The number of hydrogen-bond donors (Lipinski definition) is 2. The minimum atomic E-state index is -0.494. The van der Waals surface area contributed by atoms with Gasteiger partial charge in [-0.2, -0.15) is 5.10 Å². The van der Waals surface area contributed by atoms with Crippen LogP contribution >= 0.6 is 0 Å². The lowest BCUT2D eigenvalue weighted by Crippen LogP contribution is -2.45. The predicted octanol–water partition coefficient (Wildman–Crippen LogP) is 4.21. The van der Waals surface area contributed by atoms with E-state index in [1.165, 1.54) is 5.56 Å². The SMILES string of the molecule is Cn1nc(C(=O)Cc2ccc(CN3CCC(NC(=O)OC(C)(C)C)CC3)cc2)c2c1-c1nc(N)ncc1CC2(C)C. The Morgan fingerprint density at radius 2 is 1.78 bits per heavy atom. The van der Waals surface area contributed by atoms with E-state index in [-0.39, 0.29) is 35.7 Å². The Bertz CT molecular complexity index is 1450. The molecule has 1 fully saturated rings. The molecule has 3 heterocycles. The number of ether oxygens (including phenoxy) is 1. The Labute approximate surface area is 241 Å². The van der Waals surface area contributed by atoms with Crippen LogP contribution in [0.3, 0.4) is 0 Å². The second-order valence-electron chi connectivity index (χ2n) is 13.0. The summed E-state index contributed by atoms with van der Waals surface area (Å²) in [6, 6.07) is 8.40. The number of likely N-dealkylation sites (tertiary alicyclic amines) is 1. The van der Waals surface area contributed by atoms with Gasteiger partial charge in [0.05, 0.1) is 11.4 Å². The number of carbonyl (C=O) groups is 2. The number of anilines is 1. The number of aromatic nitrogens is 4. The van der Waals surface area contributed by atoms with Crippen LogP contribution in [0.4, 0.5) is 10.7 Å². The van der Waals surface area contributed by atoms with Crippen molar-refractivity contribution in [3.05, 3.63) is 58.4 Å². The van der Waals surface area contributed by atoms with Crippen molar-refractivity contribution in [1.29, 1.82) is 0 Å². The number of Topliss-reactive ketones (excluding diaryl/α,β-unsaturated/α-hetero) is 1. The first kappa shape index (κ1) is 28.7. The number of fused-ring (bicyclic) bond motifs is 3. The summed E-state index contributed by atoms with van der Waals surface area (Å²) >= 11 is 0. The molecule has 3 aromatic rings. The molecule has 10 nitrogen and oxygen atoms in total. The average molecular weight is 560 g/mol. The van der Waals surface area contributed by atoms with E-state index in [1.54, 1.807) is 10.9 Å². The van der Waals surface area contributed by atoms with Gasteiger partial charge in [-0.05, 0) is 62.1 Å². The molecule has 1 aromatic carbocycles. The summed E-state index contributed by atoms with van der Waals surface area (Å²) in [5.41, 5.74) is 11.3. The number of ketones is 1. The van der Waals surface area contributed by atoms with Gasteiger partial charge in [0.15, 0.2) is 5.78 Å². The fourth-order valence-electron chi connectivity index (χ4n) is 5.95. The van der Waals surface area contributed by atoms with E-state index in [2.05, 4.69) is 51.3 Å². The molecule has 1 amide bonds. The van der Waals surface area contributed by atoms with Crippen molar-refractivity contribution in [2.45, 2.75) is 83.9 Å². The molecule has 0 atom stereocenters. The lowest BCUT2D eigenvalue weighted by Gasteiger charge is -2.32. The van der Waals surface area contributed by atoms with E-state index >= 15 is 0 Å². The smallest absolute Gasteiger partial charge is 0.407 e. The van der Waals surface area contributed by atoms with Gasteiger partial charge in [-0.25, -0.2) is 14.8 Å². The van der Waals surface area contributed by atoms with E-state index in [9.17, 15) is 9.59 Å². The number of rotatable bonds is 6. The monoisotopic (exact) mass is 559 g/mol. The third kappa shape index (κ3) is 6.43. The molecule has 0 saturated carbocycles. The predicted molar refractivity (Wildman–Crippen MR) is 158 cm³/mol. The van der Waals surface area contributed by atoms with Gasteiger partial charge in [0.25, 0.3) is 0 Å². The number of benzene rings is 1. The minimum absolute atomic E-state index is 0.00675. The molecule has 1 aliphatic carbocycles. The highest BCUT2D eigenvalue weighted by Gasteiger charge is 2.39. The van der Waals surface area contributed by atoms with Crippen molar-refractivity contribution in [1.82, 2.24) is 30.0 Å². The van der Waals surface area contributed by atoms with Gasteiger partial charge < -0.3 is 15.8 Å². The maximum Gasteiger partial charge on any atom is 0.407 e. The van der Waals surface area contributed by atoms with Crippen molar-refractivity contribution >= 4 is 17.8 Å². The molecule has 3 N–H and O–H groups in total. The lowest BCUT2D eigenvalue weighted by molar-refractivity contribution is 0.0477. The Morgan fingerprint density at radius 1 is 1.12 bits per heavy atom. The third-order valence-electron chi connectivity index (χ3n) is 7.83. The number of hydrogen-bond acceptors (Lipinski definition) is 8. The summed E-state index contributed by atoms with van der Waals surface area (Å²) in [5.74, 6) is 0.207. The summed E-state index contributed by atoms with van der Waals surface area (Å²) in [5, 5.41) is 7.67. The van der Waals surface area contributed by atoms with Gasteiger partial charge in [-0.1, -0.05) is 38.1 Å². The number of aryl methyl sites for hydroxylation is 1. The van der Waals surface area contributed by atoms with E-state index in [0.717, 1.165) is 60.6 Å². The maximum atomic E-state index is 13.6. The molecule has 1 aliphatic heterocycles. The van der Waals surface area contributed by atoms with Crippen LogP contribution in [-0.4, -0.2) is 61.3 Å². The number of alkyl carbamates (subject to hydrolysis) is 1. The summed E-state index contributed by atoms with van der Waals surface area (Å²) < 4.78 is 7.14. The summed E-state index contributed by atoms with van der Waals surface area (Å²) in [6.45, 7) is 12.5. The van der Waals surface area contributed by atoms with Crippen molar-refractivity contribution in [3.8, 4) is 11.4 Å². The van der Waals surface area contributed by atoms with Gasteiger partial charge in [-0.3, -0.25) is 14.4 Å². The molecule has 0 spiro atoms. The number of amides is 1. The quantitative estimate of drug-likeness (QED) is 0.430. The molecule has 218 valence electrons. The Morgan fingerprint density at radius 3 is 2.44 bits per heavy atom. The van der Waals surface area contributed by atoms with Crippen LogP contribution in [0.2, 0.25) is 0 Å². The highest BCUT2D eigenvalue weighted by atomic mass is 16.6. The van der Waals surface area contributed by atoms with E-state index in [1.807, 2.05) is 40.0 Å². The molecule has 2 aliphatic rings. The molecule has 0 radical (unpaired) electrons. The van der Waals surface area contributed by atoms with Crippen LogP contribution in [-0.2, 0) is 36.6 Å². The lowest BCUT2D eigenvalue weighted by atomic mass is 9.72. The Hall–Kier alpha value is -3.79. The fourth-order valence-corrected chi connectivity index (χ4v) is 5.95. The first-order chi connectivity index (χ1) is 19.3. The molecule has 1 saturated heterocycles. The Balaban J connectivity index is 1.21. The average Bonchev–Trinajstić information content (AvgIpc) is 3.24. The van der Waals surface area contributed by atoms with Crippen LogP contribution in [0.25, 0.3) is 11.4 Å². The number of nitrogen functional groups attached to an aromatic ring is 1. The standard InChI is InChI=1S/C31H41N7O3/c1-30(2,3)41-29(40)34-22-11-13-38(14-12-22)18-20-9-7-19(8-10-20)15-23(39)26-24-27(37(6)36-26)25-21(16-31(24,4)5)17-33-28(32)35-25/h7-10,17,22H,11-16,18H2,1-6H3,(H,34,40)(H2,32,33,35). The topological polar surface area (TPSA) is 128 Å². The zero-order chi connectivity index (χ0) is 29.5. The highest BCUT2D eigenvalue weighted by Crippen LogP contribution is 2.44. The second-order valence-corrected chi connectivity index (χ2v) is 13.0.